The van der Waals surface area contributed by atoms with Gasteiger partial charge in [-0.1, -0.05) is 29.8 Å². The predicted molar refractivity (Wildman–Crippen MR) is 109 cm³/mol. The first-order valence-corrected chi connectivity index (χ1v) is 11.6. The number of hydrogen-bond acceptors (Lipinski definition) is 5. The van der Waals surface area contributed by atoms with Gasteiger partial charge < -0.3 is 9.47 Å². The summed E-state index contributed by atoms with van der Waals surface area (Å²) in [4.78, 5) is 0.187. The van der Waals surface area contributed by atoms with Gasteiger partial charge in [0, 0.05) is 18.4 Å². The van der Waals surface area contributed by atoms with E-state index in [1.165, 1.54) is 0 Å². The van der Waals surface area contributed by atoms with Crippen LogP contribution in [0.2, 0.25) is 0 Å². The van der Waals surface area contributed by atoms with Crippen LogP contribution in [0.15, 0.2) is 47.4 Å². The molecule has 0 aromatic heterocycles. The fourth-order valence-electron chi connectivity index (χ4n) is 3.05. The van der Waals surface area contributed by atoms with Crippen molar-refractivity contribution in [3.63, 3.8) is 0 Å². The summed E-state index contributed by atoms with van der Waals surface area (Å²) in [5, 5.41) is -0.225. The molecule has 146 valence electrons. The third-order valence-corrected chi connectivity index (χ3v) is 7.62. The van der Waals surface area contributed by atoms with E-state index in [-0.39, 0.29) is 10.3 Å². The second kappa shape index (κ2) is 8.54. The van der Waals surface area contributed by atoms with Crippen molar-refractivity contribution >= 4 is 21.8 Å². The van der Waals surface area contributed by atoms with E-state index in [0.29, 0.717) is 31.3 Å². The van der Waals surface area contributed by atoms with Gasteiger partial charge in [-0.3, -0.25) is 0 Å². The Morgan fingerprint density at radius 2 is 1.78 bits per heavy atom. The highest BCUT2D eigenvalue weighted by Crippen LogP contribution is 2.43. The standard InChI is InChI=1S/C20H25NO4S2/c1-4-24-17-10-11-19(18(14-17)25-5-2)27(22,23)21-12-13-26-20(21)16-8-6-15(3)7-9-16/h6-11,14,20H,4-5,12-13H2,1-3H3. The number of nitrogens with zero attached hydrogens (tertiary/aromatic N) is 1. The smallest absolute Gasteiger partial charge is 0.248 e. The number of hydrogen-bond donors (Lipinski definition) is 0. The van der Waals surface area contributed by atoms with Crippen molar-refractivity contribution in [3.8, 4) is 11.5 Å². The molecule has 1 fully saturated rings. The summed E-state index contributed by atoms with van der Waals surface area (Å²) in [6.07, 6.45) is 0. The molecule has 1 atom stereocenters. The monoisotopic (exact) mass is 407 g/mol. The van der Waals surface area contributed by atoms with Crippen LogP contribution in [-0.4, -0.2) is 38.2 Å². The van der Waals surface area contributed by atoms with Gasteiger partial charge in [0.15, 0.2) is 0 Å². The number of sulfonamides is 1. The Morgan fingerprint density at radius 1 is 1.07 bits per heavy atom. The Hall–Kier alpha value is -1.70. The maximum Gasteiger partial charge on any atom is 0.248 e. The van der Waals surface area contributed by atoms with Crippen LogP contribution >= 0.6 is 11.8 Å². The minimum absolute atomic E-state index is 0.187. The second-order valence-corrected chi connectivity index (χ2v) is 9.27. The molecule has 3 rings (SSSR count). The van der Waals surface area contributed by atoms with Crippen LogP contribution in [0.4, 0.5) is 0 Å². The molecule has 1 saturated heterocycles. The minimum atomic E-state index is -3.70. The van der Waals surface area contributed by atoms with Crippen molar-refractivity contribution in [1.29, 1.82) is 0 Å². The summed E-state index contributed by atoms with van der Waals surface area (Å²) in [7, 11) is -3.70. The lowest BCUT2D eigenvalue weighted by Crippen LogP contribution is -2.31. The van der Waals surface area contributed by atoms with Gasteiger partial charge in [-0.15, -0.1) is 11.8 Å². The molecule has 5 nitrogen and oxygen atoms in total. The van der Waals surface area contributed by atoms with Crippen molar-refractivity contribution in [2.75, 3.05) is 25.5 Å². The molecule has 0 bridgehead atoms. The molecule has 27 heavy (non-hydrogen) atoms. The van der Waals surface area contributed by atoms with E-state index in [1.54, 1.807) is 34.3 Å². The van der Waals surface area contributed by atoms with Crippen molar-refractivity contribution < 1.29 is 17.9 Å². The molecule has 2 aromatic carbocycles. The summed E-state index contributed by atoms with van der Waals surface area (Å²) in [5.74, 6) is 1.70. The predicted octanol–water partition coefficient (Wildman–Crippen LogP) is 4.23. The highest BCUT2D eigenvalue weighted by molar-refractivity contribution is 8.01. The molecule has 0 N–H and O–H groups in total. The summed E-state index contributed by atoms with van der Waals surface area (Å²) in [6, 6.07) is 13.0. The van der Waals surface area contributed by atoms with Gasteiger partial charge in [0.1, 0.15) is 16.4 Å². The highest BCUT2D eigenvalue weighted by Gasteiger charge is 2.38. The average molecular weight is 408 g/mol. The summed E-state index contributed by atoms with van der Waals surface area (Å²) >= 11 is 1.64. The Bertz CT molecular complexity index is 881. The number of thioether (sulfide) groups is 1. The van der Waals surface area contributed by atoms with E-state index in [0.717, 1.165) is 16.9 Å². The van der Waals surface area contributed by atoms with E-state index in [9.17, 15) is 8.42 Å². The van der Waals surface area contributed by atoms with Crippen molar-refractivity contribution in [3.05, 3.63) is 53.6 Å². The number of aryl methyl sites for hydroxylation is 1. The van der Waals surface area contributed by atoms with E-state index in [2.05, 4.69) is 0 Å². The molecule has 0 aliphatic carbocycles. The average Bonchev–Trinajstić information content (AvgIpc) is 3.14. The molecule has 1 aliphatic heterocycles. The zero-order valence-electron chi connectivity index (χ0n) is 15.8. The van der Waals surface area contributed by atoms with Gasteiger partial charge in [0.25, 0.3) is 0 Å². The summed E-state index contributed by atoms with van der Waals surface area (Å²) in [5.41, 5.74) is 2.15. The lowest BCUT2D eigenvalue weighted by molar-refractivity contribution is 0.315. The number of ether oxygens (including phenoxy) is 2. The molecule has 0 spiro atoms. The third-order valence-electron chi connectivity index (χ3n) is 4.32. The zero-order chi connectivity index (χ0) is 19.4. The summed E-state index contributed by atoms with van der Waals surface area (Å²) < 4.78 is 39.6. The fourth-order valence-corrected chi connectivity index (χ4v) is 6.40. The highest BCUT2D eigenvalue weighted by atomic mass is 32.2. The Labute approximate surface area is 165 Å². The Kier molecular flexibility index (Phi) is 6.34. The minimum Gasteiger partial charge on any atom is -0.494 e. The van der Waals surface area contributed by atoms with E-state index in [1.807, 2.05) is 45.0 Å². The van der Waals surface area contributed by atoms with Crippen LogP contribution in [0.3, 0.4) is 0 Å². The van der Waals surface area contributed by atoms with Crippen LogP contribution in [-0.2, 0) is 10.0 Å². The normalized spacial score (nSPS) is 17.8. The van der Waals surface area contributed by atoms with Crippen LogP contribution < -0.4 is 9.47 Å². The van der Waals surface area contributed by atoms with Crippen molar-refractivity contribution in [2.24, 2.45) is 0 Å². The van der Waals surface area contributed by atoms with Gasteiger partial charge in [-0.2, -0.15) is 4.31 Å². The fraction of sp³-hybridized carbons (Fsp3) is 0.400. The maximum absolute atomic E-state index is 13.4. The van der Waals surface area contributed by atoms with Gasteiger partial charge in [-0.25, -0.2) is 8.42 Å². The van der Waals surface area contributed by atoms with E-state index in [4.69, 9.17) is 9.47 Å². The molecular weight excluding hydrogens is 382 g/mol. The first-order chi connectivity index (χ1) is 13.0. The molecular formula is C20H25NO4S2. The van der Waals surface area contributed by atoms with Crippen LogP contribution in [0.5, 0.6) is 11.5 Å². The lowest BCUT2D eigenvalue weighted by atomic mass is 10.1. The van der Waals surface area contributed by atoms with Crippen LogP contribution in [0.1, 0.15) is 30.3 Å². The topological polar surface area (TPSA) is 55.8 Å². The molecule has 0 radical (unpaired) electrons. The zero-order valence-corrected chi connectivity index (χ0v) is 17.5. The first-order valence-electron chi connectivity index (χ1n) is 9.07. The Balaban J connectivity index is 1.98. The molecule has 7 heteroatoms. The van der Waals surface area contributed by atoms with E-state index >= 15 is 0 Å². The molecule has 2 aromatic rings. The molecule has 1 heterocycles. The van der Waals surface area contributed by atoms with Gasteiger partial charge in [0.2, 0.25) is 10.0 Å². The van der Waals surface area contributed by atoms with E-state index < -0.39 is 10.0 Å². The van der Waals surface area contributed by atoms with Crippen molar-refractivity contribution in [1.82, 2.24) is 4.31 Å². The molecule has 0 saturated carbocycles. The summed E-state index contributed by atoms with van der Waals surface area (Å²) in [6.45, 7) is 7.12. The lowest BCUT2D eigenvalue weighted by Gasteiger charge is -2.25. The number of rotatable bonds is 7. The quantitative estimate of drug-likeness (QED) is 0.687. The molecule has 0 amide bonds. The Morgan fingerprint density at radius 3 is 2.44 bits per heavy atom. The molecule has 1 aliphatic rings. The first kappa shape index (κ1) is 20.0. The van der Waals surface area contributed by atoms with Crippen LogP contribution in [0.25, 0.3) is 0 Å². The SMILES string of the molecule is CCOc1ccc(S(=O)(=O)N2CCSC2c2ccc(C)cc2)c(OCC)c1. The number of benzene rings is 2. The maximum atomic E-state index is 13.4. The van der Waals surface area contributed by atoms with Crippen LogP contribution in [0, 0.1) is 6.92 Å². The van der Waals surface area contributed by atoms with Gasteiger partial charge >= 0.3 is 0 Å². The second-order valence-electron chi connectivity index (χ2n) is 6.22. The van der Waals surface area contributed by atoms with Gasteiger partial charge in [0.05, 0.1) is 18.6 Å². The van der Waals surface area contributed by atoms with Crippen molar-refractivity contribution in [2.45, 2.75) is 31.0 Å². The van der Waals surface area contributed by atoms with Gasteiger partial charge in [-0.05, 0) is 38.5 Å². The largest absolute Gasteiger partial charge is 0.494 e. The third kappa shape index (κ3) is 4.25. The molecule has 1 unspecified atom stereocenters.